The second-order valence-corrected chi connectivity index (χ2v) is 5.54. The lowest BCUT2D eigenvalue weighted by Gasteiger charge is -2.08. The number of anilines is 1. The summed E-state index contributed by atoms with van der Waals surface area (Å²) in [7, 11) is 0. The van der Waals surface area contributed by atoms with E-state index in [9.17, 15) is 14.9 Å². The fraction of sp³-hybridized carbons (Fsp3) is 0.0667. The zero-order chi connectivity index (χ0) is 16.2. The Kier molecular flexibility index (Phi) is 4.15. The van der Waals surface area contributed by atoms with Gasteiger partial charge in [0, 0.05) is 23.8 Å². The van der Waals surface area contributed by atoms with Crippen LogP contribution < -0.4 is 5.32 Å². The topological polar surface area (TPSA) is 90.1 Å². The number of carbonyl (C=O) groups is 1. The number of nitrogens with one attached hydrogen (secondary N) is 1. The molecule has 0 bridgehead atoms. The fourth-order valence-corrected chi connectivity index (χ4v) is 2.70. The summed E-state index contributed by atoms with van der Waals surface area (Å²) in [4.78, 5) is 22.4. The number of nitrogens with zero attached hydrogens (tertiary/aromatic N) is 3. The van der Waals surface area contributed by atoms with Gasteiger partial charge in [0.15, 0.2) is 0 Å². The van der Waals surface area contributed by atoms with Crippen molar-refractivity contribution >= 4 is 28.7 Å². The van der Waals surface area contributed by atoms with E-state index in [1.54, 1.807) is 28.3 Å². The van der Waals surface area contributed by atoms with E-state index < -0.39 is 4.92 Å². The minimum absolute atomic E-state index is 0.0518. The summed E-state index contributed by atoms with van der Waals surface area (Å²) < 4.78 is 1.69. The molecule has 7 nitrogen and oxygen atoms in total. The number of nitro groups is 1. The smallest absolute Gasteiger partial charge is 0.269 e. The van der Waals surface area contributed by atoms with Crippen LogP contribution in [0.25, 0.3) is 0 Å². The molecule has 3 aromatic rings. The number of nitro benzene ring substituents is 1. The third-order valence-electron chi connectivity index (χ3n) is 3.21. The lowest BCUT2D eigenvalue weighted by Crippen LogP contribution is -2.16. The lowest BCUT2D eigenvalue weighted by molar-refractivity contribution is -0.384. The molecule has 1 amide bonds. The molecule has 2 heterocycles. The number of hydrogen-bond donors (Lipinski definition) is 1. The molecule has 1 N–H and O–H groups in total. The van der Waals surface area contributed by atoms with Crippen LogP contribution >= 0.6 is 11.3 Å². The minimum Gasteiger partial charge on any atom is -0.307 e. The molecule has 116 valence electrons. The Labute approximate surface area is 135 Å². The summed E-state index contributed by atoms with van der Waals surface area (Å²) in [6, 6.07) is 9.15. The Morgan fingerprint density at radius 2 is 2.04 bits per heavy atom. The van der Waals surface area contributed by atoms with Gasteiger partial charge in [-0.15, -0.1) is 0 Å². The average molecular weight is 328 g/mol. The predicted molar refractivity (Wildman–Crippen MR) is 86.7 cm³/mol. The Balaban J connectivity index is 1.73. The monoisotopic (exact) mass is 328 g/mol. The first-order valence-electron chi connectivity index (χ1n) is 6.72. The number of amides is 1. The van der Waals surface area contributed by atoms with Crippen molar-refractivity contribution in [2.24, 2.45) is 0 Å². The van der Waals surface area contributed by atoms with Gasteiger partial charge in [0.1, 0.15) is 5.82 Å². The van der Waals surface area contributed by atoms with Crippen LogP contribution in [0.1, 0.15) is 15.9 Å². The molecule has 0 saturated carbocycles. The summed E-state index contributed by atoms with van der Waals surface area (Å²) in [6.07, 6.45) is 1.61. The first-order valence-corrected chi connectivity index (χ1v) is 7.66. The van der Waals surface area contributed by atoms with E-state index in [0.29, 0.717) is 17.9 Å². The first-order chi connectivity index (χ1) is 11.1. The van der Waals surface area contributed by atoms with Crippen molar-refractivity contribution in [3.05, 3.63) is 74.6 Å². The molecule has 0 saturated heterocycles. The lowest BCUT2D eigenvalue weighted by atomic mass is 10.2. The van der Waals surface area contributed by atoms with Gasteiger partial charge < -0.3 is 5.32 Å². The Bertz CT molecular complexity index is 825. The largest absolute Gasteiger partial charge is 0.307 e. The molecular weight excluding hydrogens is 316 g/mol. The maximum atomic E-state index is 12.2. The molecule has 0 spiro atoms. The number of aromatic nitrogens is 2. The summed E-state index contributed by atoms with van der Waals surface area (Å²) in [5.74, 6) is 0.228. The average Bonchev–Trinajstić information content (AvgIpc) is 3.20. The molecule has 0 atom stereocenters. The van der Waals surface area contributed by atoms with Crippen LogP contribution in [0, 0.1) is 10.1 Å². The molecular formula is C15H12N4O3S. The number of non-ortho nitro benzene ring substituents is 1. The Hall–Kier alpha value is -3.00. The zero-order valence-electron chi connectivity index (χ0n) is 11.9. The standard InChI is InChI=1S/C15H12N4O3S/c20-15(12-1-3-13(4-2-12)19(21)22)17-14-5-7-16-18(14)9-11-6-8-23-10-11/h1-8,10H,9H2,(H,17,20). The number of hydrogen-bond acceptors (Lipinski definition) is 5. The highest BCUT2D eigenvalue weighted by molar-refractivity contribution is 7.07. The van der Waals surface area contributed by atoms with Gasteiger partial charge in [-0.25, -0.2) is 4.68 Å². The van der Waals surface area contributed by atoms with Crippen molar-refractivity contribution in [3.8, 4) is 0 Å². The molecule has 1 aromatic carbocycles. The highest BCUT2D eigenvalue weighted by Crippen LogP contribution is 2.15. The second-order valence-electron chi connectivity index (χ2n) is 4.76. The molecule has 8 heteroatoms. The molecule has 0 unspecified atom stereocenters. The highest BCUT2D eigenvalue weighted by atomic mass is 32.1. The van der Waals surface area contributed by atoms with Crippen LogP contribution in [0.15, 0.2) is 53.4 Å². The molecule has 23 heavy (non-hydrogen) atoms. The van der Waals surface area contributed by atoms with Crippen LogP contribution in [-0.4, -0.2) is 20.6 Å². The van der Waals surface area contributed by atoms with E-state index in [-0.39, 0.29) is 11.6 Å². The van der Waals surface area contributed by atoms with E-state index >= 15 is 0 Å². The van der Waals surface area contributed by atoms with Crippen molar-refractivity contribution in [1.29, 1.82) is 0 Å². The molecule has 0 radical (unpaired) electrons. The van der Waals surface area contributed by atoms with Gasteiger partial charge in [-0.05, 0) is 34.5 Å². The Morgan fingerprint density at radius 3 is 2.70 bits per heavy atom. The number of rotatable bonds is 5. The molecule has 0 aliphatic rings. The van der Waals surface area contributed by atoms with Gasteiger partial charge in [-0.2, -0.15) is 16.4 Å². The molecule has 0 fully saturated rings. The molecule has 0 aliphatic carbocycles. The normalized spacial score (nSPS) is 10.4. The van der Waals surface area contributed by atoms with Crippen molar-refractivity contribution in [3.63, 3.8) is 0 Å². The van der Waals surface area contributed by atoms with E-state index in [2.05, 4.69) is 10.4 Å². The summed E-state index contributed by atoms with van der Waals surface area (Å²) in [5, 5.41) is 21.6. The summed E-state index contributed by atoms with van der Waals surface area (Å²) in [6.45, 7) is 0.562. The third-order valence-corrected chi connectivity index (χ3v) is 3.94. The number of thiophene rings is 1. The SMILES string of the molecule is O=C(Nc1ccnn1Cc1ccsc1)c1ccc([N+](=O)[O-])cc1. The van der Waals surface area contributed by atoms with Gasteiger partial charge in [-0.3, -0.25) is 14.9 Å². The quantitative estimate of drug-likeness (QED) is 0.575. The summed E-state index contributed by atoms with van der Waals surface area (Å²) in [5.41, 5.74) is 1.40. The maximum absolute atomic E-state index is 12.2. The molecule has 3 rings (SSSR count). The number of carbonyl (C=O) groups excluding carboxylic acids is 1. The first kappa shape index (κ1) is 14.9. The Morgan fingerprint density at radius 1 is 1.26 bits per heavy atom. The summed E-state index contributed by atoms with van der Waals surface area (Å²) >= 11 is 1.60. The second kappa shape index (κ2) is 6.41. The molecule has 0 aliphatic heterocycles. The van der Waals surface area contributed by atoms with Gasteiger partial charge in [0.05, 0.1) is 17.7 Å². The van der Waals surface area contributed by atoms with Crippen LogP contribution in [0.4, 0.5) is 11.5 Å². The molecule has 2 aromatic heterocycles. The zero-order valence-corrected chi connectivity index (χ0v) is 12.7. The van der Waals surface area contributed by atoms with E-state index in [0.717, 1.165) is 5.56 Å². The van der Waals surface area contributed by atoms with E-state index in [4.69, 9.17) is 0 Å². The van der Waals surface area contributed by atoms with Gasteiger partial charge in [0.25, 0.3) is 11.6 Å². The van der Waals surface area contributed by atoms with Gasteiger partial charge >= 0.3 is 0 Å². The van der Waals surface area contributed by atoms with Crippen molar-refractivity contribution < 1.29 is 9.72 Å². The van der Waals surface area contributed by atoms with Crippen LogP contribution in [0.2, 0.25) is 0 Å². The van der Waals surface area contributed by atoms with Crippen LogP contribution in [-0.2, 0) is 6.54 Å². The predicted octanol–water partition coefficient (Wildman–Crippen LogP) is 3.15. The van der Waals surface area contributed by atoms with Crippen LogP contribution in [0.3, 0.4) is 0 Å². The van der Waals surface area contributed by atoms with Crippen molar-refractivity contribution in [1.82, 2.24) is 9.78 Å². The number of benzene rings is 1. The minimum atomic E-state index is -0.502. The third kappa shape index (κ3) is 3.43. The van der Waals surface area contributed by atoms with Crippen molar-refractivity contribution in [2.45, 2.75) is 6.54 Å². The van der Waals surface area contributed by atoms with Crippen LogP contribution in [0.5, 0.6) is 0 Å². The van der Waals surface area contributed by atoms with E-state index in [1.807, 2.05) is 16.8 Å². The van der Waals surface area contributed by atoms with Gasteiger partial charge in [0.2, 0.25) is 0 Å². The van der Waals surface area contributed by atoms with E-state index in [1.165, 1.54) is 24.3 Å². The maximum Gasteiger partial charge on any atom is 0.269 e. The highest BCUT2D eigenvalue weighted by Gasteiger charge is 2.12. The fourth-order valence-electron chi connectivity index (χ4n) is 2.04. The van der Waals surface area contributed by atoms with Gasteiger partial charge in [-0.1, -0.05) is 0 Å². The van der Waals surface area contributed by atoms with Crippen molar-refractivity contribution in [2.75, 3.05) is 5.32 Å².